The van der Waals surface area contributed by atoms with Gasteiger partial charge in [0.15, 0.2) is 13.9 Å². The lowest BCUT2D eigenvalue weighted by molar-refractivity contribution is -0.385. The molecule has 15 heteroatoms. The number of ether oxygens (including phenoxy) is 1. The van der Waals surface area contributed by atoms with E-state index >= 15 is 0 Å². The standard InChI is InChI=1S/C40H43N7O7Si/c1-25-37(55(2,3)53)36(19-20-45-23-34(43-44-45)32(24-48)27-7-5-4-6-8-27)54-40(25)33-21-31(47(51)52)17-18-35(33)46(39(40)50)22-26-9-15-30(16-10-26)42-38(49)28-11-13-29(41)14-12-28/h4-18,21,23,25,32,36-37,48,53H,19-20,22,24,41H2,1-3H3,(H,42,49)/t25-,32?,36+,37-,40+/m0/s1. The third kappa shape index (κ3) is 7.14. The zero-order valence-corrected chi connectivity index (χ0v) is 31.7. The highest BCUT2D eigenvalue weighted by molar-refractivity contribution is 6.71. The number of benzene rings is 4. The molecule has 1 fully saturated rings. The smallest absolute Gasteiger partial charge is 0.269 e. The third-order valence-electron chi connectivity index (χ3n) is 10.8. The van der Waals surface area contributed by atoms with Gasteiger partial charge in [-0.25, -0.2) is 0 Å². The van der Waals surface area contributed by atoms with Crippen LogP contribution < -0.4 is 16.0 Å². The van der Waals surface area contributed by atoms with E-state index in [1.165, 1.54) is 12.1 Å². The highest BCUT2D eigenvalue weighted by Gasteiger charge is 2.66. The summed E-state index contributed by atoms with van der Waals surface area (Å²) in [6.45, 7) is 5.88. The van der Waals surface area contributed by atoms with E-state index < -0.39 is 36.4 Å². The van der Waals surface area contributed by atoms with Gasteiger partial charge >= 0.3 is 0 Å². The van der Waals surface area contributed by atoms with Crippen molar-refractivity contribution >= 4 is 42.9 Å². The summed E-state index contributed by atoms with van der Waals surface area (Å²) in [7, 11) is -3.02. The van der Waals surface area contributed by atoms with Gasteiger partial charge in [0.1, 0.15) is 0 Å². The molecule has 0 saturated carbocycles. The summed E-state index contributed by atoms with van der Waals surface area (Å²) in [6.07, 6.45) is 1.58. The summed E-state index contributed by atoms with van der Waals surface area (Å²) < 4.78 is 8.56. The molecule has 7 rings (SSSR count). The summed E-state index contributed by atoms with van der Waals surface area (Å²) in [5.74, 6) is -1.54. The number of non-ortho nitro benzene ring substituents is 1. The molecule has 5 atom stereocenters. The normalized spacial score (nSPS) is 21.1. The highest BCUT2D eigenvalue weighted by atomic mass is 28.4. The number of nitrogens with zero attached hydrogens (tertiary/aromatic N) is 5. The topological polar surface area (TPSA) is 199 Å². The van der Waals surface area contributed by atoms with Gasteiger partial charge in [-0.05, 0) is 73.1 Å². The Kier molecular flexibility index (Phi) is 10.1. The van der Waals surface area contributed by atoms with E-state index in [9.17, 15) is 29.6 Å². The van der Waals surface area contributed by atoms with Crippen LogP contribution in [0.25, 0.3) is 0 Å². The van der Waals surface area contributed by atoms with Crippen molar-refractivity contribution in [1.29, 1.82) is 0 Å². The molecule has 284 valence electrons. The van der Waals surface area contributed by atoms with Crippen LogP contribution in [-0.4, -0.2) is 62.7 Å². The number of aromatic nitrogens is 3. The first-order chi connectivity index (χ1) is 26.3. The second kappa shape index (κ2) is 14.8. The molecule has 2 aliphatic rings. The number of amides is 2. The zero-order valence-electron chi connectivity index (χ0n) is 30.7. The minimum absolute atomic E-state index is 0.137. The molecule has 55 heavy (non-hydrogen) atoms. The van der Waals surface area contributed by atoms with Gasteiger partial charge in [0.05, 0.1) is 41.5 Å². The van der Waals surface area contributed by atoms with Gasteiger partial charge in [-0.1, -0.05) is 54.6 Å². The van der Waals surface area contributed by atoms with Crippen molar-refractivity contribution in [3.8, 4) is 0 Å². The molecule has 4 aromatic carbocycles. The Morgan fingerprint density at radius 1 is 1.07 bits per heavy atom. The summed E-state index contributed by atoms with van der Waals surface area (Å²) in [5.41, 5.74) is 8.33. The molecule has 1 saturated heterocycles. The number of carbonyl (C=O) groups is 2. The first-order valence-corrected chi connectivity index (χ1v) is 21.2. The summed E-state index contributed by atoms with van der Waals surface area (Å²) in [4.78, 5) is 52.5. The molecule has 0 radical (unpaired) electrons. The van der Waals surface area contributed by atoms with Crippen molar-refractivity contribution < 1.29 is 29.2 Å². The number of nitrogen functional groups attached to an aromatic ring is 1. The Labute approximate surface area is 318 Å². The Balaban J connectivity index is 1.15. The van der Waals surface area contributed by atoms with Gasteiger partial charge in [-0.2, -0.15) is 0 Å². The fraction of sp³-hybridized carbons (Fsp3) is 0.300. The van der Waals surface area contributed by atoms with Gasteiger partial charge in [0.25, 0.3) is 17.5 Å². The Morgan fingerprint density at radius 2 is 1.78 bits per heavy atom. The maximum absolute atomic E-state index is 14.9. The Bertz CT molecular complexity index is 2210. The van der Waals surface area contributed by atoms with Crippen molar-refractivity contribution in [3.05, 3.63) is 141 Å². The first-order valence-electron chi connectivity index (χ1n) is 18.1. The fourth-order valence-corrected chi connectivity index (χ4v) is 10.8. The number of nitro benzene ring substituents is 1. The first kappa shape index (κ1) is 37.6. The van der Waals surface area contributed by atoms with Crippen LogP contribution in [0.5, 0.6) is 0 Å². The van der Waals surface area contributed by atoms with Crippen LogP contribution in [0.3, 0.4) is 0 Å². The molecule has 0 bridgehead atoms. The molecule has 14 nitrogen and oxygen atoms in total. The molecular formula is C40H43N7O7Si. The number of anilines is 3. The molecular weight excluding hydrogens is 719 g/mol. The van der Waals surface area contributed by atoms with Gasteiger partial charge in [0, 0.05) is 58.8 Å². The van der Waals surface area contributed by atoms with Gasteiger partial charge in [-0.3, -0.25) is 24.4 Å². The van der Waals surface area contributed by atoms with Crippen LogP contribution in [0, 0.1) is 16.0 Å². The van der Waals surface area contributed by atoms with Crippen molar-refractivity contribution in [2.75, 3.05) is 22.6 Å². The minimum atomic E-state index is -3.02. The van der Waals surface area contributed by atoms with E-state index in [0.29, 0.717) is 46.8 Å². The third-order valence-corrected chi connectivity index (χ3v) is 13.3. The molecule has 5 N–H and O–H groups in total. The fourth-order valence-electron chi connectivity index (χ4n) is 8.22. The van der Waals surface area contributed by atoms with E-state index in [1.54, 1.807) is 58.2 Å². The number of hydrogen-bond donors (Lipinski definition) is 4. The predicted molar refractivity (Wildman–Crippen MR) is 209 cm³/mol. The number of carbonyl (C=O) groups excluding carboxylic acids is 2. The Hall–Kier alpha value is -5.74. The molecule has 1 aromatic heterocycles. The van der Waals surface area contributed by atoms with Crippen LogP contribution in [0.15, 0.2) is 103 Å². The summed E-state index contributed by atoms with van der Waals surface area (Å²) >= 11 is 0. The molecule has 0 aliphatic carbocycles. The number of hydrogen-bond acceptors (Lipinski definition) is 10. The molecule has 2 aliphatic heterocycles. The monoisotopic (exact) mass is 761 g/mol. The molecule has 3 heterocycles. The maximum atomic E-state index is 14.9. The van der Waals surface area contributed by atoms with Crippen molar-refractivity contribution in [1.82, 2.24) is 15.0 Å². The summed E-state index contributed by atoms with van der Waals surface area (Å²) in [6, 6.07) is 27.6. The zero-order chi connectivity index (χ0) is 39.1. The number of nitro groups is 1. The van der Waals surface area contributed by atoms with Crippen LogP contribution in [0.4, 0.5) is 22.7 Å². The molecule has 1 spiro atoms. The highest BCUT2D eigenvalue weighted by Crippen LogP contribution is 2.60. The van der Waals surface area contributed by atoms with Crippen molar-refractivity contribution in [3.63, 3.8) is 0 Å². The molecule has 1 unspecified atom stereocenters. The molecule has 5 aromatic rings. The average molecular weight is 762 g/mol. The number of fused-ring (bicyclic) bond motifs is 2. The number of rotatable bonds is 12. The van der Waals surface area contributed by atoms with E-state index in [1.807, 2.05) is 62.5 Å². The van der Waals surface area contributed by atoms with Crippen LogP contribution >= 0.6 is 0 Å². The predicted octanol–water partition coefficient (Wildman–Crippen LogP) is 5.58. The lowest BCUT2D eigenvalue weighted by Crippen LogP contribution is -2.46. The number of aryl methyl sites for hydroxylation is 1. The lowest BCUT2D eigenvalue weighted by Gasteiger charge is -2.32. The van der Waals surface area contributed by atoms with Crippen LogP contribution in [-0.2, 0) is 28.2 Å². The Morgan fingerprint density at radius 3 is 2.44 bits per heavy atom. The number of nitrogens with two attached hydrogens (primary N) is 1. The SMILES string of the molecule is C[C@H]1[C@H]([Si](C)(C)O)[C@@H](CCn2cc(C(CO)c3ccccc3)nn2)O[C@]12C(=O)N(Cc1ccc(NC(=O)c3ccc(N)cc3)cc1)c1ccc([N+](=O)[O-])cc12. The lowest BCUT2D eigenvalue weighted by atomic mass is 9.82. The van der Waals surface area contributed by atoms with E-state index in [4.69, 9.17) is 10.5 Å². The number of aliphatic hydroxyl groups excluding tert-OH is 1. The van der Waals surface area contributed by atoms with Crippen LogP contribution in [0.2, 0.25) is 18.6 Å². The average Bonchev–Trinajstić information content (AvgIpc) is 3.82. The second-order valence-electron chi connectivity index (χ2n) is 14.8. The summed E-state index contributed by atoms with van der Waals surface area (Å²) in [5, 5.41) is 33.7. The van der Waals surface area contributed by atoms with E-state index in [0.717, 1.165) is 11.1 Å². The minimum Gasteiger partial charge on any atom is -0.432 e. The van der Waals surface area contributed by atoms with Gasteiger partial charge in [0.2, 0.25) is 0 Å². The maximum Gasteiger partial charge on any atom is 0.269 e. The van der Waals surface area contributed by atoms with Crippen LogP contribution in [0.1, 0.15) is 52.0 Å². The van der Waals surface area contributed by atoms with E-state index in [2.05, 4.69) is 15.6 Å². The van der Waals surface area contributed by atoms with Crippen molar-refractivity contribution in [2.45, 2.75) is 62.7 Å². The van der Waals surface area contributed by atoms with E-state index in [-0.39, 0.29) is 36.6 Å². The largest absolute Gasteiger partial charge is 0.432 e. The quantitative estimate of drug-likeness (QED) is 0.0539. The number of aliphatic hydroxyl groups is 1. The second-order valence-corrected chi connectivity index (χ2v) is 18.8. The van der Waals surface area contributed by atoms with Crippen molar-refractivity contribution in [2.24, 2.45) is 5.92 Å². The van der Waals surface area contributed by atoms with Gasteiger partial charge < -0.3 is 30.6 Å². The van der Waals surface area contributed by atoms with Gasteiger partial charge in [-0.15, -0.1) is 5.10 Å². The molecule has 2 amide bonds. The number of nitrogens with one attached hydrogen (secondary N) is 1.